The highest BCUT2D eigenvalue weighted by Crippen LogP contribution is 2.51. The second-order valence-corrected chi connectivity index (χ2v) is 18.2. The predicted octanol–water partition coefficient (Wildman–Crippen LogP) is 12.5. The van der Waals surface area contributed by atoms with Crippen LogP contribution in [0, 0.1) is 0 Å². The topological polar surface area (TPSA) is 19.6 Å². The number of rotatable bonds is 7. The molecule has 0 saturated heterocycles. The minimum atomic E-state index is -0.0370. The van der Waals surface area contributed by atoms with E-state index < -0.39 is 0 Å². The van der Waals surface area contributed by atoms with Gasteiger partial charge in [-0.2, -0.15) is 0 Å². The van der Waals surface area contributed by atoms with Gasteiger partial charge in [-0.05, 0) is 163 Å². The van der Waals surface area contributed by atoms with Crippen LogP contribution < -0.4 is 26.4 Å². The number of furan rings is 1. The fourth-order valence-electron chi connectivity index (χ4n) is 10.0. The molecule has 4 aliphatic rings. The molecule has 280 valence electrons. The molecule has 1 aromatic heterocycles. The van der Waals surface area contributed by atoms with Crippen LogP contribution in [-0.2, 0) is 17.3 Å². The average molecular weight is 717 g/mol. The summed E-state index contributed by atoms with van der Waals surface area (Å²) in [5.74, 6) is 0.827. The van der Waals surface area contributed by atoms with E-state index in [0.717, 1.165) is 36.9 Å². The Morgan fingerprint density at radius 3 is 2.19 bits per heavy atom. The molecule has 1 atom stereocenters. The lowest BCUT2D eigenvalue weighted by atomic mass is 9.35. The minimum absolute atomic E-state index is 0.0370. The first kappa shape index (κ1) is 36.8. The summed E-state index contributed by atoms with van der Waals surface area (Å²) in [4.78, 5) is 5.20. The summed E-state index contributed by atoms with van der Waals surface area (Å²) < 4.78 is 7.45. The molecular weight excluding hydrogens is 655 g/mol. The van der Waals surface area contributed by atoms with Crippen molar-refractivity contribution < 1.29 is 4.42 Å². The SMILES string of the molecule is C/C=C\C(=C/C)N1c2cc(C(C)C)cc3c2B(c2cc(C(C)CC)c(CC)cc2N3C2=CCCC=C2C)c2oc3cc4c(cc3c21)C(C)(C)CCC4(C)C. The fourth-order valence-corrected chi connectivity index (χ4v) is 10.0. The van der Waals surface area contributed by atoms with Crippen LogP contribution in [0.4, 0.5) is 22.7 Å². The number of aryl methyl sites for hydroxylation is 1. The van der Waals surface area contributed by atoms with Gasteiger partial charge in [-0.3, -0.25) is 0 Å². The van der Waals surface area contributed by atoms with E-state index in [9.17, 15) is 0 Å². The molecule has 3 aromatic carbocycles. The number of nitrogens with zero attached hydrogens (tertiary/aromatic N) is 2. The van der Waals surface area contributed by atoms with E-state index >= 15 is 0 Å². The first-order valence-corrected chi connectivity index (χ1v) is 21.0. The molecule has 0 saturated carbocycles. The first-order valence-electron chi connectivity index (χ1n) is 21.0. The van der Waals surface area contributed by atoms with Gasteiger partial charge in [-0.1, -0.05) is 92.7 Å². The van der Waals surface area contributed by atoms with Crippen molar-refractivity contribution in [2.24, 2.45) is 0 Å². The summed E-state index contributed by atoms with van der Waals surface area (Å²) in [6, 6.07) is 15.1. The Kier molecular flexibility index (Phi) is 9.02. The highest BCUT2D eigenvalue weighted by atomic mass is 16.3. The Hall–Kier alpha value is -4.18. The lowest BCUT2D eigenvalue weighted by Gasteiger charge is -2.45. The Balaban J connectivity index is 1.55. The Labute approximate surface area is 326 Å². The zero-order valence-corrected chi connectivity index (χ0v) is 35.1. The van der Waals surface area contributed by atoms with E-state index in [1.807, 2.05) is 0 Å². The lowest BCUT2D eigenvalue weighted by Crippen LogP contribution is -2.62. The first-order chi connectivity index (χ1) is 25.8. The zero-order chi connectivity index (χ0) is 38.4. The Morgan fingerprint density at radius 1 is 0.870 bits per heavy atom. The van der Waals surface area contributed by atoms with Gasteiger partial charge in [0, 0.05) is 33.8 Å². The van der Waals surface area contributed by atoms with Crippen molar-refractivity contribution >= 4 is 57.0 Å². The van der Waals surface area contributed by atoms with E-state index in [-0.39, 0.29) is 17.5 Å². The largest absolute Gasteiger partial charge is 0.468 e. The molecule has 3 heterocycles. The van der Waals surface area contributed by atoms with Crippen LogP contribution >= 0.6 is 0 Å². The van der Waals surface area contributed by atoms with Crippen molar-refractivity contribution in [2.45, 2.75) is 144 Å². The number of anilines is 4. The maximum absolute atomic E-state index is 7.45. The Morgan fingerprint density at radius 2 is 1.56 bits per heavy atom. The lowest BCUT2D eigenvalue weighted by molar-refractivity contribution is 0.332. The highest BCUT2D eigenvalue weighted by molar-refractivity contribution is 6.99. The van der Waals surface area contributed by atoms with Gasteiger partial charge in [0.1, 0.15) is 5.58 Å². The predicted molar refractivity (Wildman–Crippen MR) is 235 cm³/mol. The van der Waals surface area contributed by atoms with Crippen LogP contribution in [0.2, 0.25) is 0 Å². The summed E-state index contributed by atoms with van der Waals surface area (Å²) in [7, 11) is 0. The maximum atomic E-state index is 7.45. The van der Waals surface area contributed by atoms with Gasteiger partial charge < -0.3 is 14.2 Å². The molecule has 0 radical (unpaired) electrons. The standard InChI is InChI=1S/C50H61BN2O/c1-13-19-35(16-4)52-43-25-34(30(5)6)26-44-46(43)51(48-47(52)37-27-38-39(29-45(37)54-48)50(11,12)23-22-49(38,9)10)40-28-36(31(7)14-2)33(15-3)24-42(40)53(44)41-21-18-17-20-32(41)8/h13,16,19-21,24-31H,14-15,17-18,22-23H2,1-12H3/b19-13-,35-16+. The molecule has 3 nitrogen and oxygen atoms in total. The molecule has 0 amide bonds. The van der Waals surface area contributed by atoms with Crippen molar-refractivity contribution in [3.8, 4) is 0 Å². The molecule has 4 aromatic rings. The van der Waals surface area contributed by atoms with E-state index in [0.29, 0.717) is 11.8 Å². The molecule has 4 heteroatoms. The summed E-state index contributed by atoms with van der Waals surface area (Å²) in [5.41, 5.74) is 21.1. The Bertz CT molecular complexity index is 2310. The van der Waals surface area contributed by atoms with E-state index in [1.54, 1.807) is 0 Å². The summed E-state index contributed by atoms with van der Waals surface area (Å²) in [5, 5.41) is 1.23. The molecular formula is C50H61BN2O. The number of hydrogen-bond donors (Lipinski definition) is 0. The van der Waals surface area contributed by atoms with Gasteiger partial charge in [-0.25, -0.2) is 0 Å². The highest BCUT2D eigenvalue weighted by Gasteiger charge is 2.48. The summed E-state index contributed by atoms with van der Waals surface area (Å²) in [6.45, 7) is 28.1. The smallest absolute Gasteiger partial charge is 0.297 e. The molecule has 8 rings (SSSR count). The van der Waals surface area contributed by atoms with Gasteiger partial charge in [-0.15, -0.1) is 0 Å². The van der Waals surface area contributed by atoms with Crippen molar-refractivity contribution in [2.75, 3.05) is 9.80 Å². The van der Waals surface area contributed by atoms with Crippen molar-refractivity contribution in [3.63, 3.8) is 0 Å². The monoisotopic (exact) mass is 716 g/mol. The van der Waals surface area contributed by atoms with Gasteiger partial charge in [0.2, 0.25) is 0 Å². The minimum Gasteiger partial charge on any atom is -0.468 e. The van der Waals surface area contributed by atoms with Crippen LogP contribution in [0.1, 0.15) is 155 Å². The number of benzene rings is 3. The van der Waals surface area contributed by atoms with Crippen molar-refractivity contribution in [1.29, 1.82) is 0 Å². The second kappa shape index (κ2) is 13.2. The molecule has 0 fully saturated rings. The van der Waals surface area contributed by atoms with E-state index in [4.69, 9.17) is 4.42 Å². The molecule has 54 heavy (non-hydrogen) atoms. The number of allylic oxidation sites excluding steroid dienone is 6. The number of fused-ring (bicyclic) bond motifs is 7. The van der Waals surface area contributed by atoms with Crippen LogP contribution in [0.15, 0.2) is 88.2 Å². The summed E-state index contributed by atoms with van der Waals surface area (Å²) in [6.07, 6.45) is 18.3. The summed E-state index contributed by atoms with van der Waals surface area (Å²) >= 11 is 0. The molecule has 0 spiro atoms. The number of hydrogen-bond acceptors (Lipinski definition) is 3. The van der Waals surface area contributed by atoms with Gasteiger partial charge in [0.25, 0.3) is 6.71 Å². The molecule has 2 aliphatic heterocycles. The molecule has 1 unspecified atom stereocenters. The molecule has 0 bridgehead atoms. The van der Waals surface area contributed by atoms with Gasteiger partial charge in [0.05, 0.1) is 11.3 Å². The fraction of sp³-hybridized carbons (Fsp3) is 0.440. The van der Waals surface area contributed by atoms with Crippen LogP contribution in [0.25, 0.3) is 11.0 Å². The van der Waals surface area contributed by atoms with Gasteiger partial charge >= 0.3 is 0 Å². The van der Waals surface area contributed by atoms with Crippen LogP contribution in [0.5, 0.6) is 0 Å². The van der Waals surface area contributed by atoms with E-state index in [1.165, 1.54) is 96.7 Å². The van der Waals surface area contributed by atoms with Gasteiger partial charge in [0.15, 0.2) is 0 Å². The third-order valence-electron chi connectivity index (χ3n) is 13.6. The van der Waals surface area contributed by atoms with E-state index in [2.05, 4.69) is 160 Å². The second-order valence-electron chi connectivity index (χ2n) is 18.2. The van der Waals surface area contributed by atoms with Crippen molar-refractivity contribution in [3.05, 3.63) is 112 Å². The third-order valence-corrected chi connectivity index (χ3v) is 13.6. The van der Waals surface area contributed by atoms with Crippen LogP contribution in [0.3, 0.4) is 0 Å². The quantitative estimate of drug-likeness (QED) is 0.140. The normalized spacial score (nSPS) is 19.1. The maximum Gasteiger partial charge on any atom is 0.297 e. The van der Waals surface area contributed by atoms with Crippen LogP contribution in [-0.4, -0.2) is 6.71 Å². The van der Waals surface area contributed by atoms with Crippen molar-refractivity contribution in [1.82, 2.24) is 0 Å². The third kappa shape index (κ3) is 5.44. The average Bonchev–Trinajstić information content (AvgIpc) is 3.53. The molecule has 2 aliphatic carbocycles. The zero-order valence-electron chi connectivity index (χ0n) is 35.1. The molecule has 0 N–H and O–H groups in total.